The molecule has 0 aliphatic carbocycles. The van der Waals surface area contributed by atoms with Crippen LogP contribution in [0.3, 0.4) is 0 Å². The molecular weight excluding hydrogens is 424 g/mol. The summed E-state index contributed by atoms with van der Waals surface area (Å²) in [4.78, 5) is 17.9. The van der Waals surface area contributed by atoms with Crippen molar-refractivity contribution >= 4 is 34.0 Å². The predicted molar refractivity (Wildman–Crippen MR) is 130 cm³/mol. The van der Waals surface area contributed by atoms with Crippen molar-refractivity contribution in [3.63, 3.8) is 0 Å². The van der Waals surface area contributed by atoms with Crippen LogP contribution in [0, 0.1) is 19.8 Å². The maximum Gasteiger partial charge on any atom is 0.291 e. The number of nitrogens with zero attached hydrogens (tertiary/aromatic N) is 1. The van der Waals surface area contributed by atoms with E-state index >= 15 is 0 Å². The molecule has 1 N–H and O–H groups in total. The van der Waals surface area contributed by atoms with E-state index in [1.165, 1.54) is 45.6 Å². The molecule has 4 rings (SSSR count). The molecule has 2 aromatic heterocycles. The molecule has 1 fully saturated rings. The standard InChI is InChI=1S/C25H30N2O2S2/c1-16-11-13-27(14-12-16)23(19-7-9-20(30-4)10-8-19)22-17(2)18(3)31-25(22)26-24(28)21-6-5-15-29-21/h5-10,15-16,23H,11-14H2,1-4H3,(H,26,28)/t23-/m0/s1. The van der Waals surface area contributed by atoms with Gasteiger partial charge in [0.1, 0.15) is 5.00 Å². The van der Waals surface area contributed by atoms with Gasteiger partial charge in [0, 0.05) is 15.3 Å². The highest BCUT2D eigenvalue weighted by Crippen LogP contribution is 2.43. The number of aryl methyl sites for hydroxylation is 1. The Hall–Kier alpha value is -2.02. The molecule has 3 heterocycles. The zero-order valence-corrected chi connectivity index (χ0v) is 20.2. The van der Waals surface area contributed by atoms with E-state index in [0.717, 1.165) is 24.0 Å². The smallest absolute Gasteiger partial charge is 0.291 e. The van der Waals surface area contributed by atoms with Gasteiger partial charge in [0.2, 0.25) is 0 Å². The van der Waals surface area contributed by atoms with Gasteiger partial charge in [-0.1, -0.05) is 19.1 Å². The molecule has 1 atom stereocenters. The molecule has 164 valence electrons. The Morgan fingerprint density at radius 3 is 2.52 bits per heavy atom. The molecule has 0 radical (unpaired) electrons. The normalized spacial score (nSPS) is 16.4. The number of piperidine rings is 1. The Bertz CT molecular complexity index is 1020. The molecule has 1 aliphatic rings. The Morgan fingerprint density at radius 1 is 1.19 bits per heavy atom. The van der Waals surface area contributed by atoms with Crippen molar-refractivity contribution in [2.45, 2.75) is 44.6 Å². The lowest BCUT2D eigenvalue weighted by Gasteiger charge is -2.38. The number of hydrogen-bond donors (Lipinski definition) is 1. The van der Waals surface area contributed by atoms with Gasteiger partial charge in [-0.2, -0.15) is 0 Å². The topological polar surface area (TPSA) is 45.5 Å². The fraction of sp³-hybridized carbons (Fsp3) is 0.400. The predicted octanol–water partition coefficient (Wildman–Crippen LogP) is 6.75. The molecule has 1 amide bonds. The molecule has 1 saturated heterocycles. The number of anilines is 1. The maximum absolute atomic E-state index is 12.8. The minimum absolute atomic E-state index is 0.125. The molecule has 0 saturated carbocycles. The van der Waals surface area contributed by atoms with Crippen LogP contribution in [-0.4, -0.2) is 30.2 Å². The number of carbonyl (C=O) groups is 1. The van der Waals surface area contributed by atoms with Gasteiger partial charge in [-0.15, -0.1) is 23.1 Å². The van der Waals surface area contributed by atoms with Crippen LogP contribution in [0.15, 0.2) is 52.0 Å². The Morgan fingerprint density at radius 2 is 1.90 bits per heavy atom. The molecule has 1 aliphatic heterocycles. The average molecular weight is 455 g/mol. The SMILES string of the molecule is CSc1ccc([C@@H](c2c(NC(=O)c3ccco3)sc(C)c2C)N2CCC(C)CC2)cc1. The molecule has 6 heteroatoms. The second-order valence-corrected chi connectivity index (χ2v) is 10.5. The summed E-state index contributed by atoms with van der Waals surface area (Å²) in [5.41, 5.74) is 3.76. The van der Waals surface area contributed by atoms with Crippen LogP contribution in [0.5, 0.6) is 0 Å². The van der Waals surface area contributed by atoms with E-state index in [-0.39, 0.29) is 11.9 Å². The zero-order chi connectivity index (χ0) is 22.0. The van der Waals surface area contributed by atoms with Crippen molar-refractivity contribution in [3.05, 3.63) is 70.0 Å². The number of likely N-dealkylation sites (tertiary alicyclic amines) is 1. The van der Waals surface area contributed by atoms with Gasteiger partial charge < -0.3 is 9.73 Å². The van der Waals surface area contributed by atoms with E-state index in [9.17, 15) is 4.79 Å². The van der Waals surface area contributed by atoms with Crippen LogP contribution in [0.4, 0.5) is 5.00 Å². The van der Waals surface area contributed by atoms with Gasteiger partial charge >= 0.3 is 0 Å². The van der Waals surface area contributed by atoms with Crippen molar-refractivity contribution in [1.82, 2.24) is 4.90 Å². The maximum atomic E-state index is 12.8. The molecule has 1 aromatic carbocycles. The van der Waals surface area contributed by atoms with Gasteiger partial charge in [-0.05, 0) is 87.3 Å². The number of thioether (sulfide) groups is 1. The third kappa shape index (κ3) is 4.76. The number of benzene rings is 1. The minimum atomic E-state index is -0.198. The first-order valence-electron chi connectivity index (χ1n) is 10.8. The minimum Gasteiger partial charge on any atom is -0.459 e. The monoisotopic (exact) mass is 454 g/mol. The summed E-state index contributed by atoms with van der Waals surface area (Å²) in [7, 11) is 0. The van der Waals surface area contributed by atoms with Crippen LogP contribution in [0.2, 0.25) is 0 Å². The summed E-state index contributed by atoms with van der Waals surface area (Å²) in [5.74, 6) is 0.901. The number of nitrogens with one attached hydrogen (secondary N) is 1. The molecule has 3 aromatic rings. The first kappa shape index (κ1) is 22.2. The van der Waals surface area contributed by atoms with Crippen molar-refractivity contribution in [2.75, 3.05) is 24.7 Å². The van der Waals surface area contributed by atoms with E-state index in [1.54, 1.807) is 35.2 Å². The molecular formula is C25H30N2O2S2. The summed E-state index contributed by atoms with van der Waals surface area (Å²) in [6, 6.07) is 12.5. The van der Waals surface area contributed by atoms with Gasteiger partial charge in [-0.3, -0.25) is 9.69 Å². The Balaban J connectivity index is 1.75. The number of amides is 1. The van der Waals surface area contributed by atoms with E-state index in [1.807, 2.05) is 0 Å². The number of thiophene rings is 1. The summed E-state index contributed by atoms with van der Waals surface area (Å²) in [6.45, 7) is 8.79. The van der Waals surface area contributed by atoms with Gasteiger partial charge in [-0.25, -0.2) is 0 Å². The van der Waals surface area contributed by atoms with Crippen LogP contribution in [-0.2, 0) is 0 Å². The average Bonchev–Trinajstić information content (AvgIpc) is 3.40. The molecule has 0 bridgehead atoms. The lowest BCUT2D eigenvalue weighted by molar-refractivity contribution is 0.0996. The highest BCUT2D eigenvalue weighted by Gasteiger charge is 2.31. The second kappa shape index (κ2) is 9.63. The molecule has 0 spiro atoms. The van der Waals surface area contributed by atoms with Crippen molar-refractivity contribution in [2.24, 2.45) is 5.92 Å². The largest absolute Gasteiger partial charge is 0.459 e. The Kier molecular flexibility index (Phi) is 6.89. The molecule has 4 nitrogen and oxygen atoms in total. The number of furan rings is 1. The highest BCUT2D eigenvalue weighted by atomic mass is 32.2. The fourth-order valence-corrected chi connectivity index (χ4v) is 5.77. The van der Waals surface area contributed by atoms with E-state index in [0.29, 0.717) is 5.76 Å². The number of carbonyl (C=O) groups excluding carboxylic acids is 1. The quantitative estimate of drug-likeness (QED) is 0.418. The van der Waals surface area contributed by atoms with Crippen LogP contribution in [0.25, 0.3) is 0 Å². The van der Waals surface area contributed by atoms with Gasteiger partial charge in [0.25, 0.3) is 5.91 Å². The lowest BCUT2D eigenvalue weighted by atomic mass is 9.91. The number of rotatable bonds is 6. The first-order valence-corrected chi connectivity index (χ1v) is 12.8. The summed E-state index contributed by atoms with van der Waals surface area (Å²) < 4.78 is 5.32. The zero-order valence-electron chi connectivity index (χ0n) is 18.6. The van der Waals surface area contributed by atoms with Crippen LogP contribution >= 0.6 is 23.1 Å². The van der Waals surface area contributed by atoms with E-state index < -0.39 is 0 Å². The molecule has 0 unspecified atom stereocenters. The first-order chi connectivity index (χ1) is 15.0. The summed E-state index contributed by atoms with van der Waals surface area (Å²) >= 11 is 3.42. The van der Waals surface area contributed by atoms with Crippen LogP contribution in [0.1, 0.15) is 57.9 Å². The lowest BCUT2D eigenvalue weighted by Crippen LogP contribution is -2.37. The van der Waals surface area contributed by atoms with Crippen molar-refractivity contribution in [1.29, 1.82) is 0 Å². The van der Waals surface area contributed by atoms with E-state index in [4.69, 9.17) is 4.42 Å². The third-order valence-electron chi connectivity index (χ3n) is 6.29. The second-order valence-electron chi connectivity index (χ2n) is 8.35. The summed E-state index contributed by atoms with van der Waals surface area (Å²) in [6.07, 6.45) is 6.05. The number of hydrogen-bond acceptors (Lipinski definition) is 5. The van der Waals surface area contributed by atoms with Crippen molar-refractivity contribution in [3.8, 4) is 0 Å². The fourth-order valence-electron chi connectivity index (χ4n) is 4.27. The van der Waals surface area contributed by atoms with Gasteiger partial charge in [0.15, 0.2) is 5.76 Å². The summed E-state index contributed by atoms with van der Waals surface area (Å²) in [5, 5.41) is 4.08. The Labute approximate surface area is 193 Å². The third-order valence-corrected chi connectivity index (χ3v) is 8.17. The van der Waals surface area contributed by atoms with Crippen LogP contribution < -0.4 is 5.32 Å². The van der Waals surface area contributed by atoms with Gasteiger partial charge in [0.05, 0.1) is 12.3 Å². The highest BCUT2D eigenvalue weighted by molar-refractivity contribution is 7.98. The van der Waals surface area contributed by atoms with Crippen molar-refractivity contribution < 1.29 is 9.21 Å². The molecule has 31 heavy (non-hydrogen) atoms. The van der Waals surface area contributed by atoms with E-state index in [2.05, 4.69) is 61.5 Å².